The molecule has 2 rings (SSSR count). The van der Waals surface area contributed by atoms with Gasteiger partial charge in [-0.15, -0.1) is 11.3 Å². The average molecular weight is 358 g/mol. The minimum Gasteiger partial charge on any atom is -0.488 e. The fraction of sp³-hybridized carbons (Fsp3) is 0.333. The molecule has 20 heavy (non-hydrogen) atoms. The summed E-state index contributed by atoms with van der Waals surface area (Å²) in [5, 5.41) is 3.38. The summed E-state index contributed by atoms with van der Waals surface area (Å²) in [6, 6.07) is 9.42. The maximum atomic E-state index is 13.4. The summed E-state index contributed by atoms with van der Waals surface area (Å²) in [4.78, 5) is 2.41. The van der Waals surface area contributed by atoms with Gasteiger partial charge in [0.15, 0.2) is 0 Å². The van der Waals surface area contributed by atoms with E-state index in [1.807, 2.05) is 0 Å². The normalized spacial score (nSPS) is 11.1. The van der Waals surface area contributed by atoms with Crippen molar-refractivity contribution in [1.82, 2.24) is 5.32 Å². The van der Waals surface area contributed by atoms with Gasteiger partial charge in [0.25, 0.3) is 0 Å². The van der Waals surface area contributed by atoms with E-state index in [2.05, 4.69) is 47.2 Å². The predicted molar refractivity (Wildman–Crippen MR) is 84.7 cm³/mol. The van der Waals surface area contributed by atoms with Gasteiger partial charge in [0, 0.05) is 28.4 Å². The van der Waals surface area contributed by atoms with E-state index in [4.69, 9.17) is 4.74 Å². The molecule has 0 amide bonds. The summed E-state index contributed by atoms with van der Waals surface area (Å²) in [5.74, 6) is 0.233. The summed E-state index contributed by atoms with van der Waals surface area (Å²) < 4.78 is 19.4. The van der Waals surface area contributed by atoms with E-state index >= 15 is 0 Å². The van der Waals surface area contributed by atoms with Crippen LogP contribution in [0.1, 0.15) is 23.6 Å². The highest BCUT2D eigenvalue weighted by molar-refractivity contribution is 9.10. The molecule has 0 aliphatic carbocycles. The fourth-order valence-electron chi connectivity index (χ4n) is 1.62. The second kappa shape index (κ2) is 7.20. The Morgan fingerprint density at radius 3 is 2.70 bits per heavy atom. The first-order valence-electron chi connectivity index (χ1n) is 6.43. The molecule has 108 valence electrons. The highest BCUT2D eigenvalue weighted by Crippen LogP contribution is 2.23. The molecule has 0 saturated carbocycles. The maximum absolute atomic E-state index is 13.4. The Labute approximate surface area is 131 Å². The van der Waals surface area contributed by atoms with E-state index in [1.165, 1.54) is 10.9 Å². The molecule has 2 aromatic rings. The lowest BCUT2D eigenvalue weighted by molar-refractivity contribution is 0.308. The highest BCUT2D eigenvalue weighted by atomic mass is 79.9. The molecule has 1 N–H and O–H groups in total. The molecule has 0 aliphatic heterocycles. The SMILES string of the molecule is CC(C)NCc1ccc(COc2ccc(Br)c(F)c2)s1. The first-order valence-corrected chi connectivity index (χ1v) is 8.04. The van der Waals surface area contributed by atoms with Crippen LogP contribution in [0.5, 0.6) is 5.75 Å². The zero-order valence-electron chi connectivity index (χ0n) is 11.5. The summed E-state index contributed by atoms with van der Waals surface area (Å²) in [5.41, 5.74) is 0. The molecule has 0 atom stereocenters. The van der Waals surface area contributed by atoms with Crippen LogP contribution in [-0.4, -0.2) is 6.04 Å². The van der Waals surface area contributed by atoms with Crippen LogP contribution in [0.4, 0.5) is 4.39 Å². The van der Waals surface area contributed by atoms with E-state index in [0.717, 1.165) is 11.4 Å². The van der Waals surface area contributed by atoms with Gasteiger partial charge in [0.05, 0.1) is 4.47 Å². The van der Waals surface area contributed by atoms with Crippen molar-refractivity contribution in [2.75, 3.05) is 0 Å². The van der Waals surface area contributed by atoms with Crippen LogP contribution < -0.4 is 10.1 Å². The Morgan fingerprint density at radius 2 is 2.00 bits per heavy atom. The number of nitrogens with one attached hydrogen (secondary N) is 1. The second-order valence-corrected chi connectivity index (χ2v) is 6.88. The van der Waals surface area contributed by atoms with Gasteiger partial charge in [-0.25, -0.2) is 4.39 Å². The molecule has 0 fully saturated rings. The van der Waals surface area contributed by atoms with Crippen LogP contribution in [0.15, 0.2) is 34.8 Å². The first kappa shape index (κ1) is 15.5. The Hall–Kier alpha value is -0.910. The molecule has 0 saturated heterocycles. The van der Waals surface area contributed by atoms with Crippen molar-refractivity contribution in [3.63, 3.8) is 0 Å². The van der Waals surface area contributed by atoms with E-state index in [-0.39, 0.29) is 5.82 Å². The van der Waals surface area contributed by atoms with Crippen LogP contribution in [0, 0.1) is 5.82 Å². The molecule has 5 heteroatoms. The Morgan fingerprint density at radius 1 is 1.25 bits per heavy atom. The van der Waals surface area contributed by atoms with Crippen molar-refractivity contribution >= 4 is 27.3 Å². The molecule has 0 bridgehead atoms. The molecular weight excluding hydrogens is 341 g/mol. The standard InChI is InChI=1S/C15H17BrFNOS/c1-10(2)18-8-12-4-5-13(20-12)9-19-11-3-6-14(16)15(17)7-11/h3-7,10,18H,8-9H2,1-2H3. The van der Waals surface area contributed by atoms with Crippen LogP contribution in [0.3, 0.4) is 0 Å². The largest absolute Gasteiger partial charge is 0.488 e. The van der Waals surface area contributed by atoms with Gasteiger partial charge in [-0.2, -0.15) is 0 Å². The van der Waals surface area contributed by atoms with Gasteiger partial charge in [0.2, 0.25) is 0 Å². The number of ether oxygens (including phenoxy) is 1. The quantitative estimate of drug-likeness (QED) is 0.806. The zero-order valence-corrected chi connectivity index (χ0v) is 13.9. The van der Waals surface area contributed by atoms with Crippen molar-refractivity contribution in [3.05, 3.63) is 50.4 Å². The summed E-state index contributed by atoms with van der Waals surface area (Å²) >= 11 is 4.83. The third-order valence-electron chi connectivity index (χ3n) is 2.67. The lowest BCUT2D eigenvalue weighted by Gasteiger charge is -2.06. The summed E-state index contributed by atoms with van der Waals surface area (Å²) in [6.07, 6.45) is 0. The molecule has 1 aromatic carbocycles. The first-order chi connectivity index (χ1) is 9.54. The van der Waals surface area contributed by atoms with Crippen molar-refractivity contribution in [1.29, 1.82) is 0 Å². The topological polar surface area (TPSA) is 21.3 Å². The van der Waals surface area contributed by atoms with Crippen molar-refractivity contribution in [2.45, 2.75) is 33.0 Å². The maximum Gasteiger partial charge on any atom is 0.141 e. The number of thiophene rings is 1. The minimum atomic E-state index is -0.310. The number of hydrogen-bond donors (Lipinski definition) is 1. The molecule has 0 aliphatic rings. The molecule has 1 aromatic heterocycles. The van der Waals surface area contributed by atoms with E-state index in [9.17, 15) is 4.39 Å². The number of rotatable bonds is 6. The van der Waals surface area contributed by atoms with Crippen LogP contribution in [-0.2, 0) is 13.2 Å². The summed E-state index contributed by atoms with van der Waals surface area (Å²) in [6.45, 7) is 5.59. The fourth-order valence-corrected chi connectivity index (χ4v) is 2.75. The van der Waals surface area contributed by atoms with Gasteiger partial charge >= 0.3 is 0 Å². The lowest BCUT2D eigenvalue weighted by Crippen LogP contribution is -2.21. The zero-order chi connectivity index (χ0) is 14.5. The molecule has 1 heterocycles. The minimum absolute atomic E-state index is 0.310. The Bertz CT molecular complexity index is 571. The van der Waals surface area contributed by atoms with Gasteiger partial charge in [-0.3, -0.25) is 0 Å². The molecule has 0 radical (unpaired) electrons. The third kappa shape index (κ3) is 4.58. The lowest BCUT2D eigenvalue weighted by atomic mass is 10.3. The van der Waals surface area contributed by atoms with Crippen LogP contribution in [0.2, 0.25) is 0 Å². The average Bonchev–Trinajstić information content (AvgIpc) is 2.86. The molecular formula is C15H17BrFNOS. The van der Waals surface area contributed by atoms with E-state index in [1.54, 1.807) is 23.5 Å². The smallest absolute Gasteiger partial charge is 0.141 e. The predicted octanol–water partition coefficient (Wildman–Crippen LogP) is 4.73. The van der Waals surface area contributed by atoms with Gasteiger partial charge in [-0.1, -0.05) is 13.8 Å². The number of halogens is 2. The van der Waals surface area contributed by atoms with Crippen LogP contribution >= 0.6 is 27.3 Å². The van der Waals surface area contributed by atoms with Crippen molar-refractivity contribution in [2.24, 2.45) is 0 Å². The molecule has 0 unspecified atom stereocenters. The second-order valence-electron chi connectivity index (χ2n) is 4.77. The monoisotopic (exact) mass is 357 g/mol. The number of hydrogen-bond acceptors (Lipinski definition) is 3. The van der Waals surface area contributed by atoms with Crippen molar-refractivity contribution < 1.29 is 9.13 Å². The van der Waals surface area contributed by atoms with Crippen molar-refractivity contribution in [3.8, 4) is 5.75 Å². The molecule has 2 nitrogen and oxygen atoms in total. The Balaban J connectivity index is 1.89. The van der Waals surface area contributed by atoms with E-state index < -0.39 is 0 Å². The number of benzene rings is 1. The highest BCUT2D eigenvalue weighted by Gasteiger charge is 2.04. The van der Waals surface area contributed by atoms with Gasteiger partial charge < -0.3 is 10.1 Å². The third-order valence-corrected chi connectivity index (χ3v) is 4.38. The summed E-state index contributed by atoms with van der Waals surface area (Å²) in [7, 11) is 0. The van der Waals surface area contributed by atoms with Gasteiger partial charge in [-0.05, 0) is 40.2 Å². The molecule has 0 spiro atoms. The van der Waals surface area contributed by atoms with Gasteiger partial charge in [0.1, 0.15) is 18.2 Å². The Kier molecular flexibility index (Phi) is 5.57. The van der Waals surface area contributed by atoms with Crippen LogP contribution in [0.25, 0.3) is 0 Å². The van der Waals surface area contributed by atoms with E-state index in [0.29, 0.717) is 22.9 Å².